The van der Waals surface area contributed by atoms with Gasteiger partial charge in [-0.3, -0.25) is 9.59 Å². The third-order valence-electron chi connectivity index (χ3n) is 1.96. The van der Waals surface area contributed by atoms with E-state index in [1.807, 2.05) is 0 Å². The molecule has 0 radical (unpaired) electrons. The third-order valence-corrected chi connectivity index (χ3v) is 2.59. The largest absolute Gasteiger partial charge is 0.469 e. The Bertz CT molecular complexity index is 376. The lowest BCUT2D eigenvalue weighted by atomic mass is 10.3. The second kappa shape index (κ2) is 6.51. The molecule has 5 nitrogen and oxygen atoms in total. The van der Waals surface area contributed by atoms with Crippen molar-refractivity contribution in [2.45, 2.75) is 12.8 Å². The highest BCUT2D eigenvalue weighted by Gasteiger charge is 2.07. The van der Waals surface area contributed by atoms with E-state index in [1.165, 1.54) is 7.11 Å². The van der Waals surface area contributed by atoms with E-state index >= 15 is 0 Å². The van der Waals surface area contributed by atoms with Crippen LogP contribution in [-0.2, 0) is 9.53 Å². The predicted octanol–water partition coefficient (Wildman–Crippen LogP) is 1.30. The lowest BCUT2D eigenvalue weighted by Crippen LogP contribution is -2.25. The number of H-pyrrole nitrogens is 1. The van der Waals surface area contributed by atoms with Gasteiger partial charge in [0, 0.05) is 22.7 Å². The van der Waals surface area contributed by atoms with Crippen molar-refractivity contribution in [2.75, 3.05) is 13.7 Å². The first-order chi connectivity index (χ1) is 7.63. The summed E-state index contributed by atoms with van der Waals surface area (Å²) >= 11 is 2.12. The molecule has 88 valence electrons. The number of methoxy groups -OCH3 is 1. The molecule has 1 heterocycles. The summed E-state index contributed by atoms with van der Waals surface area (Å²) < 4.78 is 5.47. The van der Waals surface area contributed by atoms with Gasteiger partial charge in [-0.15, -0.1) is 0 Å². The molecule has 0 aliphatic heterocycles. The number of hydrogen-bond acceptors (Lipinski definition) is 3. The van der Waals surface area contributed by atoms with E-state index in [1.54, 1.807) is 12.3 Å². The van der Waals surface area contributed by atoms with Gasteiger partial charge >= 0.3 is 5.97 Å². The Morgan fingerprint density at radius 3 is 2.88 bits per heavy atom. The van der Waals surface area contributed by atoms with E-state index in [4.69, 9.17) is 0 Å². The summed E-state index contributed by atoms with van der Waals surface area (Å²) in [6.07, 6.45) is 2.65. The molecule has 0 bridgehead atoms. The molecule has 0 spiro atoms. The van der Waals surface area contributed by atoms with Gasteiger partial charge in [0.1, 0.15) is 5.69 Å². The Labute approximate surface area is 107 Å². The van der Waals surface area contributed by atoms with Crippen molar-refractivity contribution >= 4 is 34.5 Å². The van der Waals surface area contributed by atoms with Crippen LogP contribution in [0.4, 0.5) is 0 Å². The quantitative estimate of drug-likeness (QED) is 0.484. The van der Waals surface area contributed by atoms with Gasteiger partial charge < -0.3 is 15.0 Å². The monoisotopic (exact) mass is 336 g/mol. The van der Waals surface area contributed by atoms with E-state index in [-0.39, 0.29) is 11.9 Å². The van der Waals surface area contributed by atoms with Gasteiger partial charge in [0.15, 0.2) is 0 Å². The first kappa shape index (κ1) is 13.0. The second-order valence-electron chi connectivity index (χ2n) is 3.17. The average molecular weight is 336 g/mol. The second-order valence-corrected chi connectivity index (χ2v) is 4.41. The summed E-state index contributed by atoms with van der Waals surface area (Å²) in [6, 6.07) is 1.76. The highest BCUT2D eigenvalue weighted by molar-refractivity contribution is 14.1. The van der Waals surface area contributed by atoms with E-state index in [0.717, 1.165) is 3.57 Å². The normalized spacial score (nSPS) is 9.88. The fourth-order valence-corrected chi connectivity index (χ4v) is 1.60. The highest BCUT2D eigenvalue weighted by atomic mass is 127. The number of halogens is 1. The molecule has 0 atom stereocenters. The number of rotatable bonds is 5. The lowest BCUT2D eigenvalue weighted by molar-refractivity contribution is -0.140. The molecule has 6 heteroatoms. The van der Waals surface area contributed by atoms with Crippen molar-refractivity contribution in [3.63, 3.8) is 0 Å². The molecule has 0 aromatic carbocycles. The van der Waals surface area contributed by atoms with Crippen molar-refractivity contribution in [2.24, 2.45) is 0 Å². The van der Waals surface area contributed by atoms with Crippen molar-refractivity contribution in [1.82, 2.24) is 10.3 Å². The molecule has 0 fully saturated rings. The zero-order chi connectivity index (χ0) is 12.0. The zero-order valence-corrected chi connectivity index (χ0v) is 11.0. The number of hydrogen-bond donors (Lipinski definition) is 2. The minimum absolute atomic E-state index is 0.159. The molecule has 1 aromatic heterocycles. The molecule has 0 unspecified atom stereocenters. The smallest absolute Gasteiger partial charge is 0.305 e. The number of carbonyl (C=O) groups is 2. The van der Waals surface area contributed by atoms with Gasteiger partial charge in [-0.05, 0) is 35.1 Å². The summed E-state index contributed by atoms with van der Waals surface area (Å²) in [4.78, 5) is 25.2. The van der Waals surface area contributed by atoms with E-state index in [0.29, 0.717) is 25.1 Å². The maximum atomic E-state index is 11.5. The van der Waals surface area contributed by atoms with Gasteiger partial charge in [0.2, 0.25) is 0 Å². The Morgan fingerprint density at radius 1 is 1.56 bits per heavy atom. The predicted molar refractivity (Wildman–Crippen MR) is 67.1 cm³/mol. The molecule has 1 aromatic rings. The average Bonchev–Trinajstić information content (AvgIpc) is 2.70. The van der Waals surface area contributed by atoms with Gasteiger partial charge in [0.25, 0.3) is 5.91 Å². The number of carbonyl (C=O) groups excluding carboxylic acids is 2. The molecular formula is C10H13IN2O3. The third kappa shape index (κ3) is 4.21. The molecule has 0 saturated heterocycles. The summed E-state index contributed by atoms with van der Waals surface area (Å²) in [5.41, 5.74) is 0.530. The number of aromatic amines is 1. The van der Waals surface area contributed by atoms with E-state index < -0.39 is 0 Å². The molecule has 16 heavy (non-hydrogen) atoms. The van der Waals surface area contributed by atoms with Crippen molar-refractivity contribution in [3.05, 3.63) is 21.5 Å². The van der Waals surface area contributed by atoms with Gasteiger partial charge in [0.05, 0.1) is 7.11 Å². The number of amides is 1. The molecular weight excluding hydrogens is 323 g/mol. The maximum Gasteiger partial charge on any atom is 0.305 e. The Hall–Kier alpha value is -1.05. The molecule has 0 aliphatic rings. The Balaban J connectivity index is 2.23. The van der Waals surface area contributed by atoms with Crippen LogP contribution in [0.15, 0.2) is 12.3 Å². The zero-order valence-electron chi connectivity index (χ0n) is 8.88. The lowest BCUT2D eigenvalue weighted by Gasteiger charge is -2.02. The van der Waals surface area contributed by atoms with Crippen LogP contribution in [0.25, 0.3) is 0 Å². The summed E-state index contributed by atoms with van der Waals surface area (Å²) in [5.74, 6) is -0.420. The number of esters is 1. The van der Waals surface area contributed by atoms with Crippen LogP contribution in [0.5, 0.6) is 0 Å². The van der Waals surface area contributed by atoms with Crippen LogP contribution < -0.4 is 5.32 Å². The van der Waals surface area contributed by atoms with Gasteiger partial charge in [-0.1, -0.05) is 0 Å². The summed E-state index contributed by atoms with van der Waals surface area (Å²) in [5, 5.41) is 2.71. The SMILES string of the molecule is COC(=O)CCCNC(=O)c1cc(I)c[nH]1. The van der Waals surface area contributed by atoms with Crippen molar-refractivity contribution < 1.29 is 14.3 Å². The molecule has 1 rings (SSSR count). The number of ether oxygens (including phenoxy) is 1. The van der Waals surface area contributed by atoms with Crippen molar-refractivity contribution in [3.8, 4) is 0 Å². The summed E-state index contributed by atoms with van der Waals surface area (Å²) in [7, 11) is 1.35. The molecule has 0 aliphatic carbocycles. The number of aromatic nitrogens is 1. The Morgan fingerprint density at radius 2 is 2.31 bits per heavy atom. The number of nitrogens with one attached hydrogen (secondary N) is 2. The van der Waals surface area contributed by atoms with Crippen LogP contribution in [0.1, 0.15) is 23.3 Å². The van der Waals surface area contributed by atoms with Gasteiger partial charge in [-0.2, -0.15) is 0 Å². The van der Waals surface area contributed by atoms with Crippen LogP contribution in [0.3, 0.4) is 0 Å². The minimum Gasteiger partial charge on any atom is -0.469 e. The van der Waals surface area contributed by atoms with Gasteiger partial charge in [-0.25, -0.2) is 0 Å². The molecule has 2 N–H and O–H groups in total. The highest BCUT2D eigenvalue weighted by Crippen LogP contribution is 2.05. The molecule has 1 amide bonds. The first-order valence-corrected chi connectivity index (χ1v) is 5.90. The first-order valence-electron chi connectivity index (χ1n) is 4.82. The van der Waals surface area contributed by atoms with Crippen LogP contribution >= 0.6 is 22.6 Å². The fourth-order valence-electron chi connectivity index (χ4n) is 1.13. The van der Waals surface area contributed by atoms with Crippen molar-refractivity contribution in [1.29, 1.82) is 0 Å². The minimum atomic E-state index is -0.260. The van der Waals surface area contributed by atoms with E-state index in [9.17, 15) is 9.59 Å². The summed E-state index contributed by atoms with van der Waals surface area (Å²) in [6.45, 7) is 0.462. The fraction of sp³-hybridized carbons (Fsp3) is 0.400. The topological polar surface area (TPSA) is 71.2 Å². The van der Waals surface area contributed by atoms with Crippen LogP contribution in [0, 0.1) is 3.57 Å². The van der Waals surface area contributed by atoms with E-state index in [2.05, 4.69) is 37.6 Å². The maximum absolute atomic E-state index is 11.5. The standard InChI is InChI=1S/C10H13IN2O3/c1-16-9(14)3-2-4-12-10(15)8-5-7(11)6-13-8/h5-6,13H,2-4H2,1H3,(H,12,15). The van der Waals surface area contributed by atoms with Crippen LogP contribution in [0.2, 0.25) is 0 Å². The Kier molecular flexibility index (Phi) is 5.30. The molecule has 0 saturated carbocycles. The van der Waals surface area contributed by atoms with Crippen LogP contribution in [-0.4, -0.2) is 30.5 Å².